The van der Waals surface area contributed by atoms with Gasteiger partial charge >= 0.3 is 0 Å². The third kappa shape index (κ3) is 4.32. The highest BCUT2D eigenvalue weighted by Gasteiger charge is 2.35. The second-order valence-electron chi connectivity index (χ2n) is 6.07. The standard InChI is InChI=1S/C18H27N3O2/c1-4-14-8-6-7-9-16(14)21-13-15(12-17(21)22)18(23)19-10-11-20(3)5-2/h6-9,15H,4-5,10-13H2,1-3H3,(H,19,23)/t15-/m0/s1. The molecule has 5 heteroatoms. The molecule has 5 nitrogen and oxygen atoms in total. The molecule has 23 heavy (non-hydrogen) atoms. The predicted molar refractivity (Wildman–Crippen MR) is 92.5 cm³/mol. The summed E-state index contributed by atoms with van der Waals surface area (Å²) in [5, 5.41) is 2.95. The van der Waals surface area contributed by atoms with Crippen LogP contribution >= 0.6 is 0 Å². The molecular weight excluding hydrogens is 290 g/mol. The molecule has 2 amide bonds. The summed E-state index contributed by atoms with van der Waals surface area (Å²) in [4.78, 5) is 28.5. The maximum Gasteiger partial charge on any atom is 0.227 e. The van der Waals surface area contributed by atoms with E-state index in [4.69, 9.17) is 0 Å². The molecule has 1 heterocycles. The summed E-state index contributed by atoms with van der Waals surface area (Å²) in [6, 6.07) is 7.93. The number of aryl methyl sites for hydroxylation is 1. The van der Waals surface area contributed by atoms with E-state index in [1.807, 2.05) is 31.3 Å². The number of hydrogen-bond acceptors (Lipinski definition) is 3. The Balaban J connectivity index is 1.95. The first-order valence-electron chi connectivity index (χ1n) is 8.41. The molecule has 0 spiro atoms. The smallest absolute Gasteiger partial charge is 0.227 e. The third-order valence-corrected chi connectivity index (χ3v) is 4.49. The second kappa shape index (κ2) is 8.11. The fourth-order valence-corrected chi connectivity index (χ4v) is 2.86. The number of hydrogen-bond donors (Lipinski definition) is 1. The van der Waals surface area contributed by atoms with Gasteiger partial charge in [0, 0.05) is 31.7 Å². The molecule has 1 aliphatic heterocycles. The maximum atomic E-state index is 12.3. The molecule has 0 aromatic heterocycles. The van der Waals surface area contributed by atoms with Crippen LogP contribution in [0.15, 0.2) is 24.3 Å². The van der Waals surface area contributed by atoms with Crippen molar-refractivity contribution in [2.45, 2.75) is 26.7 Å². The van der Waals surface area contributed by atoms with E-state index in [1.54, 1.807) is 4.90 Å². The highest BCUT2D eigenvalue weighted by molar-refractivity contribution is 6.00. The Morgan fingerprint density at radius 2 is 2.09 bits per heavy atom. The van der Waals surface area contributed by atoms with Crippen molar-refractivity contribution in [2.24, 2.45) is 5.92 Å². The average molecular weight is 317 g/mol. The van der Waals surface area contributed by atoms with Crippen LogP contribution < -0.4 is 10.2 Å². The van der Waals surface area contributed by atoms with Gasteiger partial charge in [-0.1, -0.05) is 32.0 Å². The van der Waals surface area contributed by atoms with Gasteiger partial charge in [-0.2, -0.15) is 0 Å². The molecule has 1 saturated heterocycles. The van der Waals surface area contributed by atoms with Gasteiger partial charge in [-0.15, -0.1) is 0 Å². The van der Waals surface area contributed by atoms with Crippen molar-refractivity contribution < 1.29 is 9.59 Å². The Labute approximate surface area is 138 Å². The maximum absolute atomic E-state index is 12.3. The van der Waals surface area contributed by atoms with Gasteiger partial charge in [0.2, 0.25) is 11.8 Å². The minimum atomic E-state index is -0.251. The number of anilines is 1. The summed E-state index contributed by atoms with van der Waals surface area (Å²) in [6.45, 7) is 7.05. The summed E-state index contributed by atoms with van der Waals surface area (Å²) < 4.78 is 0. The molecule has 0 aliphatic carbocycles. The van der Waals surface area contributed by atoms with E-state index in [9.17, 15) is 9.59 Å². The Morgan fingerprint density at radius 3 is 2.78 bits per heavy atom. The van der Waals surface area contributed by atoms with Crippen molar-refractivity contribution in [3.8, 4) is 0 Å². The molecule has 1 aliphatic rings. The highest BCUT2D eigenvalue weighted by Crippen LogP contribution is 2.28. The topological polar surface area (TPSA) is 52.7 Å². The first-order chi connectivity index (χ1) is 11.1. The summed E-state index contributed by atoms with van der Waals surface area (Å²) >= 11 is 0. The summed E-state index contributed by atoms with van der Waals surface area (Å²) in [5.41, 5.74) is 2.09. The van der Waals surface area contributed by atoms with Crippen LogP contribution in [-0.4, -0.2) is 49.9 Å². The van der Waals surface area contributed by atoms with Gasteiger partial charge in [-0.3, -0.25) is 9.59 Å². The lowest BCUT2D eigenvalue weighted by Gasteiger charge is -2.20. The molecule has 1 aromatic carbocycles. The molecule has 1 N–H and O–H groups in total. The monoisotopic (exact) mass is 317 g/mol. The molecule has 126 valence electrons. The molecule has 1 aromatic rings. The zero-order valence-corrected chi connectivity index (χ0v) is 14.3. The van der Waals surface area contributed by atoms with Gasteiger partial charge < -0.3 is 15.1 Å². The van der Waals surface area contributed by atoms with Crippen molar-refractivity contribution in [1.29, 1.82) is 0 Å². The minimum absolute atomic E-state index is 0.0145. The molecule has 0 saturated carbocycles. The Hall–Kier alpha value is -1.88. The number of carbonyl (C=O) groups is 2. The van der Waals surface area contributed by atoms with Gasteiger partial charge in [0.05, 0.1) is 5.92 Å². The second-order valence-corrected chi connectivity index (χ2v) is 6.07. The normalized spacial score (nSPS) is 17.8. The fourth-order valence-electron chi connectivity index (χ4n) is 2.86. The number of nitrogens with zero attached hydrogens (tertiary/aromatic N) is 2. The number of nitrogens with one attached hydrogen (secondary N) is 1. The first kappa shape index (κ1) is 17.5. The van der Waals surface area contributed by atoms with Crippen LogP contribution in [0.4, 0.5) is 5.69 Å². The van der Waals surface area contributed by atoms with Gasteiger partial charge in [-0.05, 0) is 31.6 Å². The van der Waals surface area contributed by atoms with Crippen molar-refractivity contribution in [3.63, 3.8) is 0 Å². The summed E-state index contributed by atoms with van der Waals surface area (Å²) in [6.07, 6.45) is 1.17. The zero-order valence-electron chi connectivity index (χ0n) is 14.3. The fraction of sp³-hybridized carbons (Fsp3) is 0.556. The van der Waals surface area contributed by atoms with Crippen molar-refractivity contribution in [2.75, 3.05) is 38.1 Å². The van der Waals surface area contributed by atoms with Crippen LogP contribution in [0.5, 0.6) is 0 Å². The van der Waals surface area contributed by atoms with E-state index in [-0.39, 0.29) is 17.7 Å². The minimum Gasteiger partial charge on any atom is -0.355 e. The molecule has 0 bridgehead atoms. The van der Waals surface area contributed by atoms with Crippen LogP contribution in [-0.2, 0) is 16.0 Å². The number of likely N-dealkylation sites (N-methyl/N-ethyl adjacent to an activating group) is 1. The molecule has 1 atom stereocenters. The van der Waals surface area contributed by atoms with E-state index in [0.717, 1.165) is 30.8 Å². The van der Waals surface area contributed by atoms with Gasteiger partial charge in [-0.25, -0.2) is 0 Å². The quantitative estimate of drug-likeness (QED) is 0.832. The van der Waals surface area contributed by atoms with Crippen LogP contribution in [0, 0.1) is 5.92 Å². The van der Waals surface area contributed by atoms with E-state index in [1.165, 1.54) is 0 Å². The lowest BCUT2D eigenvalue weighted by molar-refractivity contribution is -0.126. The van der Waals surface area contributed by atoms with E-state index in [2.05, 4.69) is 24.1 Å². The van der Waals surface area contributed by atoms with Crippen molar-refractivity contribution >= 4 is 17.5 Å². The molecule has 2 rings (SSSR count). The Kier molecular flexibility index (Phi) is 6.16. The number of carbonyl (C=O) groups excluding carboxylic acids is 2. The summed E-state index contributed by atoms with van der Waals surface area (Å²) in [7, 11) is 2.02. The number of rotatable bonds is 7. The summed E-state index contributed by atoms with van der Waals surface area (Å²) in [5.74, 6) is -0.226. The number of amides is 2. The van der Waals surface area contributed by atoms with Crippen molar-refractivity contribution in [3.05, 3.63) is 29.8 Å². The molecular formula is C18H27N3O2. The predicted octanol–water partition coefficient (Wildman–Crippen LogP) is 1.67. The highest BCUT2D eigenvalue weighted by atomic mass is 16.2. The molecule has 0 unspecified atom stereocenters. The van der Waals surface area contributed by atoms with E-state index in [0.29, 0.717) is 19.5 Å². The van der Waals surface area contributed by atoms with Gasteiger partial charge in [0.25, 0.3) is 0 Å². The van der Waals surface area contributed by atoms with Crippen LogP contribution in [0.2, 0.25) is 0 Å². The van der Waals surface area contributed by atoms with Gasteiger partial charge in [0.15, 0.2) is 0 Å². The van der Waals surface area contributed by atoms with E-state index < -0.39 is 0 Å². The largest absolute Gasteiger partial charge is 0.355 e. The Bertz CT molecular complexity index is 559. The van der Waals surface area contributed by atoms with E-state index >= 15 is 0 Å². The van der Waals surface area contributed by atoms with Crippen LogP contribution in [0.25, 0.3) is 0 Å². The SMILES string of the molecule is CCc1ccccc1N1C[C@@H](C(=O)NCCN(C)CC)CC1=O. The van der Waals surface area contributed by atoms with Gasteiger partial charge in [0.1, 0.15) is 0 Å². The van der Waals surface area contributed by atoms with Crippen molar-refractivity contribution in [1.82, 2.24) is 10.2 Å². The van der Waals surface area contributed by atoms with Crippen LogP contribution in [0.1, 0.15) is 25.8 Å². The average Bonchev–Trinajstić information content (AvgIpc) is 2.96. The van der Waals surface area contributed by atoms with Crippen LogP contribution in [0.3, 0.4) is 0 Å². The lowest BCUT2D eigenvalue weighted by atomic mass is 10.1. The third-order valence-electron chi connectivity index (χ3n) is 4.49. The zero-order chi connectivity index (χ0) is 16.8. The lowest BCUT2D eigenvalue weighted by Crippen LogP contribution is -2.37. The molecule has 0 radical (unpaired) electrons. The first-order valence-corrected chi connectivity index (χ1v) is 8.41. The number of benzene rings is 1. The molecule has 1 fully saturated rings. The Morgan fingerprint density at radius 1 is 1.35 bits per heavy atom. The number of para-hydroxylation sites is 1.